The molecule has 4 rings (SSSR count). The first-order valence-electron chi connectivity index (χ1n) is 11.9. The number of ether oxygens (including phenoxy) is 1. The van der Waals surface area contributed by atoms with E-state index >= 15 is 0 Å². The van der Waals surface area contributed by atoms with Crippen molar-refractivity contribution in [2.45, 2.75) is 52.1 Å². The van der Waals surface area contributed by atoms with Gasteiger partial charge in [0.1, 0.15) is 17.3 Å². The molecule has 1 amide bonds. The van der Waals surface area contributed by atoms with Gasteiger partial charge in [0.05, 0.1) is 23.7 Å². The van der Waals surface area contributed by atoms with Crippen LogP contribution in [0.4, 0.5) is 0 Å². The molecular formula is C28H32N4O2. The van der Waals surface area contributed by atoms with Crippen molar-refractivity contribution in [1.29, 1.82) is 0 Å². The van der Waals surface area contributed by atoms with Crippen LogP contribution in [0.15, 0.2) is 72.9 Å². The number of hydrogen-bond donors (Lipinski definition) is 1. The lowest BCUT2D eigenvalue weighted by Gasteiger charge is -2.17. The van der Waals surface area contributed by atoms with Crippen molar-refractivity contribution in [3.05, 3.63) is 90.0 Å². The van der Waals surface area contributed by atoms with Crippen LogP contribution >= 0.6 is 0 Å². The van der Waals surface area contributed by atoms with Gasteiger partial charge in [0.15, 0.2) is 0 Å². The summed E-state index contributed by atoms with van der Waals surface area (Å²) in [6.45, 7) is 7.79. The fraction of sp³-hybridized carbons (Fsp3) is 0.321. The Morgan fingerprint density at radius 2 is 1.74 bits per heavy atom. The van der Waals surface area contributed by atoms with Gasteiger partial charge in [-0.3, -0.25) is 9.78 Å². The highest BCUT2D eigenvalue weighted by atomic mass is 16.5. The molecule has 4 aromatic rings. The molecule has 1 atom stereocenters. The molecule has 0 aliphatic carbocycles. The average molecular weight is 457 g/mol. The first-order valence-corrected chi connectivity index (χ1v) is 11.9. The number of aromatic nitrogens is 3. The number of imidazole rings is 1. The maximum absolute atomic E-state index is 12.6. The molecule has 2 heterocycles. The lowest BCUT2D eigenvalue weighted by atomic mass is 10.0. The van der Waals surface area contributed by atoms with E-state index < -0.39 is 0 Å². The molecule has 0 aliphatic rings. The number of nitrogens with zero attached hydrogens (tertiary/aromatic N) is 3. The molecule has 0 bridgehead atoms. The molecule has 0 saturated carbocycles. The van der Waals surface area contributed by atoms with Gasteiger partial charge in [-0.15, -0.1) is 0 Å². The minimum absolute atomic E-state index is 0.205. The number of benzene rings is 2. The Balaban J connectivity index is 1.42. The van der Waals surface area contributed by atoms with Gasteiger partial charge in [0.2, 0.25) is 0 Å². The Morgan fingerprint density at radius 3 is 2.53 bits per heavy atom. The second-order valence-electron chi connectivity index (χ2n) is 8.77. The van der Waals surface area contributed by atoms with E-state index in [1.165, 1.54) is 5.56 Å². The molecular weight excluding hydrogens is 424 g/mol. The van der Waals surface area contributed by atoms with Crippen LogP contribution in [0.25, 0.3) is 11.0 Å². The fourth-order valence-corrected chi connectivity index (χ4v) is 4.13. The van der Waals surface area contributed by atoms with Gasteiger partial charge in [-0.2, -0.15) is 0 Å². The van der Waals surface area contributed by atoms with Gasteiger partial charge < -0.3 is 14.6 Å². The van der Waals surface area contributed by atoms with E-state index in [2.05, 4.69) is 46.9 Å². The second-order valence-corrected chi connectivity index (χ2v) is 8.77. The van der Waals surface area contributed by atoms with Crippen LogP contribution in [0.2, 0.25) is 0 Å². The van der Waals surface area contributed by atoms with E-state index in [4.69, 9.17) is 9.72 Å². The molecule has 176 valence electrons. The van der Waals surface area contributed by atoms with Crippen molar-refractivity contribution in [3.8, 4) is 5.75 Å². The van der Waals surface area contributed by atoms with Crippen LogP contribution in [0, 0.1) is 0 Å². The Labute approximate surface area is 201 Å². The van der Waals surface area contributed by atoms with Crippen molar-refractivity contribution in [1.82, 2.24) is 19.9 Å². The zero-order valence-electron chi connectivity index (χ0n) is 20.1. The maximum atomic E-state index is 12.6. The minimum Gasteiger partial charge on any atom is -0.493 e. The van der Waals surface area contributed by atoms with E-state index in [1.54, 1.807) is 18.3 Å². The lowest BCUT2D eigenvalue weighted by Crippen LogP contribution is -2.29. The molecule has 1 unspecified atom stereocenters. The first-order chi connectivity index (χ1) is 16.5. The van der Waals surface area contributed by atoms with Crippen molar-refractivity contribution in [3.63, 3.8) is 0 Å². The summed E-state index contributed by atoms with van der Waals surface area (Å²) in [5.74, 6) is 2.04. The Kier molecular flexibility index (Phi) is 7.58. The Bertz CT molecular complexity index is 1230. The van der Waals surface area contributed by atoms with Crippen molar-refractivity contribution in [2.75, 3.05) is 6.61 Å². The number of para-hydroxylation sites is 3. The largest absolute Gasteiger partial charge is 0.493 e. The summed E-state index contributed by atoms with van der Waals surface area (Å²) in [4.78, 5) is 21.6. The zero-order valence-corrected chi connectivity index (χ0v) is 20.1. The number of fused-ring (bicyclic) bond motifs is 1. The number of rotatable bonds is 10. The topological polar surface area (TPSA) is 69.0 Å². The molecule has 0 aliphatic heterocycles. The summed E-state index contributed by atoms with van der Waals surface area (Å²) in [7, 11) is 0. The molecule has 1 N–H and O–H groups in total. The van der Waals surface area contributed by atoms with Gasteiger partial charge in [-0.05, 0) is 61.6 Å². The van der Waals surface area contributed by atoms with Crippen molar-refractivity contribution < 1.29 is 9.53 Å². The molecule has 0 radical (unpaired) electrons. The van der Waals surface area contributed by atoms with Gasteiger partial charge in [-0.25, -0.2) is 4.98 Å². The van der Waals surface area contributed by atoms with Gasteiger partial charge in [0, 0.05) is 12.7 Å². The number of carbonyl (C=O) groups excluding carboxylic acids is 1. The summed E-state index contributed by atoms with van der Waals surface area (Å²) < 4.78 is 8.30. The van der Waals surface area contributed by atoms with Crippen LogP contribution in [-0.4, -0.2) is 27.0 Å². The Hall–Kier alpha value is -3.67. The smallest absolute Gasteiger partial charge is 0.270 e. The van der Waals surface area contributed by atoms with Crippen molar-refractivity contribution >= 4 is 16.9 Å². The molecule has 6 nitrogen and oxygen atoms in total. The normalized spacial score (nSPS) is 12.1. The molecule has 6 heteroatoms. The summed E-state index contributed by atoms with van der Waals surface area (Å²) in [6, 6.07) is 21.4. The number of aryl methyl sites for hydroxylation is 1. The minimum atomic E-state index is -0.254. The highest BCUT2D eigenvalue weighted by Crippen LogP contribution is 2.26. The van der Waals surface area contributed by atoms with Crippen molar-refractivity contribution in [2.24, 2.45) is 0 Å². The number of pyridine rings is 1. The number of carbonyl (C=O) groups is 1. The maximum Gasteiger partial charge on any atom is 0.270 e. The summed E-state index contributed by atoms with van der Waals surface area (Å²) in [6.07, 6.45) is 3.49. The third kappa shape index (κ3) is 5.45. The molecule has 2 aromatic carbocycles. The lowest BCUT2D eigenvalue weighted by molar-refractivity contribution is 0.0932. The standard InChI is InChI=1S/C28H32N4O2/c1-20(2)22-12-4-7-16-26(22)34-19-11-10-18-32-25-15-6-5-13-23(25)31-27(32)21(3)30-28(33)24-14-8-9-17-29-24/h4-9,12-17,20-21H,10-11,18-19H2,1-3H3,(H,30,33). The zero-order chi connectivity index (χ0) is 23.9. The fourth-order valence-electron chi connectivity index (χ4n) is 4.13. The molecule has 2 aromatic heterocycles. The van der Waals surface area contributed by atoms with Gasteiger partial charge >= 0.3 is 0 Å². The molecule has 0 spiro atoms. The first kappa shape index (κ1) is 23.5. The predicted molar refractivity (Wildman–Crippen MR) is 135 cm³/mol. The highest BCUT2D eigenvalue weighted by molar-refractivity contribution is 5.92. The molecule has 0 saturated heterocycles. The van der Waals surface area contributed by atoms with E-state index in [1.807, 2.05) is 43.3 Å². The van der Waals surface area contributed by atoms with Crippen LogP contribution in [0.3, 0.4) is 0 Å². The van der Waals surface area contributed by atoms with E-state index in [0.717, 1.165) is 42.0 Å². The quantitative estimate of drug-likeness (QED) is 0.301. The molecule has 0 fully saturated rings. The monoisotopic (exact) mass is 456 g/mol. The Morgan fingerprint density at radius 1 is 0.971 bits per heavy atom. The molecule has 34 heavy (non-hydrogen) atoms. The van der Waals surface area contributed by atoms with E-state index in [0.29, 0.717) is 18.2 Å². The highest BCUT2D eigenvalue weighted by Gasteiger charge is 2.19. The van der Waals surface area contributed by atoms with Gasteiger partial charge in [0.25, 0.3) is 5.91 Å². The van der Waals surface area contributed by atoms with Crippen LogP contribution in [0.5, 0.6) is 5.75 Å². The predicted octanol–water partition coefficient (Wildman–Crippen LogP) is 5.90. The van der Waals surface area contributed by atoms with Gasteiger partial charge in [-0.1, -0.05) is 50.2 Å². The van der Waals surface area contributed by atoms with Crippen LogP contribution in [-0.2, 0) is 6.54 Å². The summed E-state index contributed by atoms with van der Waals surface area (Å²) in [5, 5.41) is 3.04. The van der Waals surface area contributed by atoms with Crippen LogP contribution in [0.1, 0.15) is 67.4 Å². The number of unbranched alkanes of at least 4 members (excludes halogenated alkanes) is 1. The number of nitrogens with one attached hydrogen (secondary N) is 1. The van der Waals surface area contributed by atoms with Crippen LogP contribution < -0.4 is 10.1 Å². The average Bonchev–Trinajstić information content (AvgIpc) is 3.23. The summed E-state index contributed by atoms with van der Waals surface area (Å²) >= 11 is 0. The van der Waals surface area contributed by atoms with E-state index in [-0.39, 0.29) is 11.9 Å². The SMILES string of the molecule is CC(C)c1ccccc1OCCCCn1c(C(C)NC(=O)c2ccccn2)nc2ccccc21. The second kappa shape index (κ2) is 11.0. The third-order valence-corrected chi connectivity index (χ3v) is 5.89. The summed E-state index contributed by atoms with van der Waals surface area (Å²) in [5.41, 5.74) is 3.64. The number of amides is 1. The van der Waals surface area contributed by atoms with E-state index in [9.17, 15) is 4.79 Å². The number of hydrogen-bond acceptors (Lipinski definition) is 4. The third-order valence-electron chi connectivity index (χ3n) is 5.89.